The van der Waals surface area contributed by atoms with Gasteiger partial charge >= 0.3 is 0 Å². The van der Waals surface area contributed by atoms with Gasteiger partial charge in [0, 0.05) is 17.4 Å². The van der Waals surface area contributed by atoms with Crippen LogP contribution in [0.1, 0.15) is 24.0 Å². The molecular weight excluding hydrogens is 256 g/mol. The number of hydrogen-bond acceptors (Lipinski definition) is 1. The van der Waals surface area contributed by atoms with Crippen LogP contribution < -0.4 is 0 Å². The standard InChI is InChI=1S/C20H18O/c1-2-16-15-20(14-13-19(16)21,17-9-5-3-6-10-17)18-11-7-4-8-12-18/h2-12,15H,1,13-14H2. The topological polar surface area (TPSA) is 17.1 Å². The van der Waals surface area contributed by atoms with Gasteiger partial charge in [-0.2, -0.15) is 0 Å². The summed E-state index contributed by atoms with van der Waals surface area (Å²) in [6.07, 6.45) is 5.14. The average Bonchev–Trinajstić information content (AvgIpc) is 2.57. The fourth-order valence-corrected chi connectivity index (χ4v) is 3.14. The van der Waals surface area contributed by atoms with Crippen LogP contribution in [-0.2, 0) is 10.2 Å². The zero-order chi connectivity index (χ0) is 14.7. The monoisotopic (exact) mass is 274 g/mol. The van der Waals surface area contributed by atoms with Crippen molar-refractivity contribution in [2.24, 2.45) is 0 Å². The van der Waals surface area contributed by atoms with Crippen molar-refractivity contribution in [1.82, 2.24) is 0 Å². The van der Waals surface area contributed by atoms with Gasteiger partial charge in [0.25, 0.3) is 0 Å². The maximum absolute atomic E-state index is 12.0. The first kappa shape index (κ1) is 13.6. The number of benzene rings is 2. The highest BCUT2D eigenvalue weighted by molar-refractivity contribution is 5.99. The second-order valence-electron chi connectivity index (χ2n) is 5.43. The van der Waals surface area contributed by atoms with Gasteiger partial charge in [0.15, 0.2) is 5.78 Å². The van der Waals surface area contributed by atoms with E-state index in [9.17, 15) is 4.79 Å². The van der Waals surface area contributed by atoms with Gasteiger partial charge in [-0.05, 0) is 17.5 Å². The maximum atomic E-state index is 12.0. The highest BCUT2D eigenvalue weighted by Gasteiger charge is 2.36. The molecule has 0 heterocycles. The predicted octanol–water partition coefficient (Wildman–Crippen LogP) is 4.45. The molecule has 0 saturated carbocycles. The molecule has 1 aliphatic rings. The number of carbonyl (C=O) groups excluding carboxylic acids is 1. The van der Waals surface area contributed by atoms with E-state index in [1.54, 1.807) is 6.08 Å². The molecule has 2 aromatic carbocycles. The van der Waals surface area contributed by atoms with Gasteiger partial charge < -0.3 is 0 Å². The third kappa shape index (κ3) is 2.36. The SMILES string of the molecule is C=CC1=CC(c2ccccc2)(c2ccccc2)CCC1=O. The van der Waals surface area contributed by atoms with Gasteiger partial charge in [0.2, 0.25) is 0 Å². The summed E-state index contributed by atoms with van der Waals surface area (Å²) in [5.74, 6) is 0.187. The largest absolute Gasteiger partial charge is 0.294 e. The molecule has 0 unspecified atom stereocenters. The average molecular weight is 274 g/mol. The molecule has 1 heteroatoms. The van der Waals surface area contributed by atoms with E-state index in [1.165, 1.54) is 11.1 Å². The molecule has 0 aromatic heterocycles. The Balaban J connectivity index is 2.24. The Morgan fingerprint density at radius 3 is 1.90 bits per heavy atom. The summed E-state index contributed by atoms with van der Waals surface area (Å²) in [5.41, 5.74) is 2.94. The molecule has 0 atom stereocenters. The van der Waals surface area contributed by atoms with Crippen LogP contribution in [0.15, 0.2) is 85.0 Å². The molecule has 0 amide bonds. The Labute approximate surface area is 125 Å². The van der Waals surface area contributed by atoms with Crippen molar-refractivity contribution >= 4 is 5.78 Å². The number of Topliss-reactive ketones (excluding diaryl/α,β-unsaturated/α-hetero) is 1. The highest BCUT2D eigenvalue weighted by Crippen LogP contribution is 2.42. The summed E-state index contributed by atoms with van der Waals surface area (Å²) >= 11 is 0. The van der Waals surface area contributed by atoms with E-state index in [2.05, 4.69) is 61.2 Å². The van der Waals surface area contributed by atoms with E-state index in [4.69, 9.17) is 0 Å². The van der Waals surface area contributed by atoms with Crippen LogP contribution in [-0.4, -0.2) is 5.78 Å². The lowest BCUT2D eigenvalue weighted by molar-refractivity contribution is -0.115. The molecule has 2 aromatic rings. The van der Waals surface area contributed by atoms with E-state index in [0.29, 0.717) is 6.42 Å². The van der Waals surface area contributed by atoms with Gasteiger partial charge in [-0.25, -0.2) is 0 Å². The zero-order valence-corrected chi connectivity index (χ0v) is 12.0. The van der Waals surface area contributed by atoms with E-state index >= 15 is 0 Å². The molecule has 0 spiro atoms. The van der Waals surface area contributed by atoms with Crippen LogP contribution >= 0.6 is 0 Å². The Hall–Kier alpha value is -2.41. The summed E-state index contributed by atoms with van der Waals surface area (Å²) in [4.78, 5) is 12.0. The number of allylic oxidation sites excluding steroid dienone is 3. The smallest absolute Gasteiger partial charge is 0.162 e. The van der Waals surface area contributed by atoms with Crippen LogP contribution in [0.25, 0.3) is 0 Å². The molecule has 104 valence electrons. The molecule has 0 aliphatic heterocycles. The predicted molar refractivity (Wildman–Crippen MR) is 86.2 cm³/mol. The quantitative estimate of drug-likeness (QED) is 0.808. The number of carbonyl (C=O) groups is 1. The molecule has 21 heavy (non-hydrogen) atoms. The van der Waals surface area contributed by atoms with Crippen LogP contribution in [0.3, 0.4) is 0 Å². The molecule has 3 rings (SSSR count). The normalized spacial score (nSPS) is 17.1. The van der Waals surface area contributed by atoms with Gasteiger partial charge in [0.05, 0.1) is 0 Å². The Bertz CT molecular complexity index is 641. The minimum Gasteiger partial charge on any atom is -0.294 e. The molecule has 1 nitrogen and oxygen atoms in total. The van der Waals surface area contributed by atoms with Gasteiger partial charge in [-0.1, -0.05) is 79.4 Å². The Morgan fingerprint density at radius 2 is 1.43 bits per heavy atom. The third-order valence-corrected chi connectivity index (χ3v) is 4.27. The summed E-state index contributed by atoms with van der Waals surface area (Å²) in [6, 6.07) is 20.8. The van der Waals surface area contributed by atoms with Crippen LogP contribution in [0.5, 0.6) is 0 Å². The number of hydrogen-bond donors (Lipinski definition) is 0. The number of ketones is 1. The first-order valence-corrected chi connectivity index (χ1v) is 7.26. The van der Waals surface area contributed by atoms with Crippen LogP contribution in [0.2, 0.25) is 0 Å². The van der Waals surface area contributed by atoms with Gasteiger partial charge in [-0.15, -0.1) is 0 Å². The lowest BCUT2D eigenvalue weighted by atomic mass is 9.67. The lowest BCUT2D eigenvalue weighted by Gasteiger charge is -2.35. The number of rotatable bonds is 3. The first-order chi connectivity index (χ1) is 10.3. The van der Waals surface area contributed by atoms with Crippen LogP contribution in [0.4, 0.5) is 0 Å². The van der Waals surface area contributed by atoms with Crippen molar-refractivity contribution in [2.75, 3.05) is 0 Å². The molecule has 0 saturated heterocycles. The van der Waals surface area contributed by atoms with E-state index in [0.717, 1.165) is 12.0 Å². The van der Waals surface area contributed by atoms with Crippen molar-refractivity contribution in [1.29, 1.82) is 0 Å². The molecule has 0 radical (unpaired) electrons. The van der Waals surface area contributed by atoms with Crippen molar-refractivity contribution in [2.45, 2.75) is 18.3 Å². The van der Waals surface area contributed by atoms with Gasteiger partial charge in [0.1, 0.15) is 0 Å². The second-order valence-corrected chi connectivity index (χ2v) is 5.43. The summed E-state index contributed by atoms with van der Waals surface area (Å²) < 4.78 is 0. The Morgan fingerprint density at radius 1 is 0.905 bits per heavy atom. The summed E-state index contributed by atoms with van der Waals surface area (Å²) in [6.45, 7) is 3.80. The van der Waals surface area contributed by atoms with Crippen molar-refractivity contribution in [3.63, 3.8) is 0 Å². The minimum atomic E-state index is -0.236. The summed E-state index contributed by atoms with van der Waals surface area (Å²) in [5, 5.41) is 0. The molecule has 0 bridgehead atoms. The fourth-order valence-electron chi connectivity index (χ4n) is 3.14. The van der Waals surface area contributed by atoms with Crippen molar-refractivity contribution < 1.29 is 4.79 Å². The minimum absolute atomic E-state index is 0.187. The molecule has 0 fully saturated rings. The van der Waals surface area contributed by atoms with Gasteiger partial charge in [-0.3, -0.25) is 4.79 Å². The fraction of sp³-hybridized carbons (Fsp3) is 0.150. The van der Waals surface area contributed by atoms with E-state index in [-0.39, 0.29) is 11.2 Å². The molecule has 0 N–H and O–H groups in total. The summed E-state index contributed by atoms with van der Waals surface area (Å²) in [7, 11) is 0. The third-order valence-electron chi connectivity index (χ3n) is 4.27. The first-order valence-electron chi connectivity index (χ1n) is 7.26. The lowest BCUT2D eigenvalue weighted by Crippen LogP contribution is -2.31. The molecule has 1 aliphatic carbocycles. The van der Waals surface area contributed by atoms with Crippen LogP contribution in [0, 0.1) is 0 Å². The molecular formula is C20H18O. The maximum Gasteiger partial charge on any atom is 0.162 e. The Kier molecular flexibility index (Phi) is 3.57. The second kappa shape index (κ2) is 5.53. The van der Waals surface area contributed by atoms with E-state index < -0.39 is 0 Å². The zero-order valence-electron chi connectivity index (χ0n) is 12.0. The van der Waals surface area contributed by atoms with Crippen molar-refractivity contribution in [3.05, 3.63) is 96.1 Å². The van der Waals surface area contributed by atoms with Crippen molar-refractivity contribution in [3.8, 4) is 0 Å². The highest BCUT2D eigenvalue weighted by atomic mass is 16.1. The van der Waals surface area contributed by atoms with E-state index in [1.807, 2.05) is 12.1 Å².